The Morgan fingerprint density at radius 2 is 1.74 bits per heavy atom. The Morgan fingerprint density at radius 1 is 1.00 bits per heavy atom. The molecule has 0 atom stereocenters. The van der Waals surface area contributed by atoms with Crippen molar-refractivity contribution in [3.8, 4) is 11.1 Å². The number of hydrogen-bond donors (Lipinski definition) is 1. The van der Waals surface area contributed by atoms with E-state index in [2.05, 4.69) is 44.6 Å². The molecule has 1 fully saturated rings. The summed E-state index contributed by atoms with van der Waals surface area (Å²) < 4.78 is 25.1. The molecular weight excluding hydrogens is 464 g/mol. The highest BCUT2D eigenvalue weighted by Gasteiger charge is 2.20. The Bertz CT molecular complexity index is 1480. The monoisotopic (exact) mass is 490 g/mol. The molecule has 3 heterocycles. The number of nitrogens with one attached hydrogen (secondary N) is 1. The van der Waals surface area contributed by atoms with Crippen LogP contribution in [0.3, 0.4) is 0 Å². The summed E-state index contributed by atoms with van der Waals surface area (Å²) in [5, 5.41) is 7.64. The fourth-order valence-electron chi connectivity index (χ4n) is 4.09. The van der Waals surface area contributed by atoms with Gasteiger partial charge in [0.15, 0.2) is 15.5 Å². The van der Waals surface area contributed by atoms with Gasteiger partial charge in [0.2, 0.25) is 11.9 Å². The van der Waals surface area contributed by atoms with Crippen molar-refractivity contribution in [3.05, 3.63) is 72.4 Å². The average Bonchev–Trinajstić information content (AvgIpc) is 3.24. The summed E-state index contributed by atoms with van der Waals surface area (Å²) in [5.41, 5.74) is 4.52. The SMILES string of the molecule is CN1CCN(Cc2ccc(-c3cccn4nc(Nc5ccc(S(C)(=O)=O)cc5)nc34)cc2)CC1=O. The molecule has 0 aliphatic carbocycles. The second-order valence-electron chi connectivity index (χ2n) is 8.77. The van der Waals surface area contributed by atoms with Crippen LogP contribution in [0.15, 0.2) is 71.8 Å². The standard InChI is InChI=1S/C25H26N6O3S/c1-29-14-15-30(17-23(29)32)16-18-5-7-19(8-6-18)22-4-3-13-31-24(22)27-25(28-31)26-20-9-11-21(12-10-20)35(2,33)34/h3-13H,14-17H2,1-2H3,(H,26,28). The molecule has 0 spiro atoms. The smallest absolute Gasteiger partial charge is 0.247 e. The number of rotatable bonds is 6. The lowest BCUT2D eigenvalue weighted by Crippen LogP contribution is -2.47. The number of aromatic nitrogens is 3. The molecule has 2 aromatic heterocycles. The number of sulfone groups is 1. The molecule has 1 aliphatic heterocycles. The van der Waals surface area contributed by atoms with E-state index in [4.69, 9.17) is 0 Å². The molecule has 1 saturated heterocycles. The first kappa shape index (κ1) is 23.0. The van der Waals surface area contributed by atoms with Crippen LogP contribution in [0.25, 0.3) is 16.8 Å². The molecule has 4 aromatic rings. The number of pyridine rings is 1. The maximum Gasteiger partial charge on any atom is 0.247 e. The van der Waals surface area contributed by atoms with E-state index in [0.717, 1.165) is 36.3 Å². The van der Waals surface area contributed by atoms with Crippen molar-refractivity contribution in [2.24, 2.45) is 0 Å². The predicted octanol–water partition coefficient (Wildman–Crippen LogP) is 2.82. The number of fused-ring (bicyclic) bond motifs is 1. The summed E-state index contributed by atoms with van der Waals surface area (Å²) in [4.78, 5) is 20.8. The second-order valence-corrected chi connectivity index (χ2v) is 10.8. The molecule has 1 N–H and O–H groups in total. The zero-order valence-corrected chi connectivity index (χ0v) is 20.4. The van der Waals surface area contributed by atoms with E-state index < -0.39 is 9.84 Å². The lowest BCUT2D eigenvalue weighted by molar-refractivity contribution is -0.134. The molecule has 0 radical (unpaired) electrons. The van der Waals surface area contributed by atoms with Crippen LogP contribution >= 0.6 is 0 Å². The molecule has 0 bridgehead atoms. The van der Waals surface area contributed by atoms with Crippen LogP contribution in [0.5, 0.6) is 0 Å². The first-order valence-electron chi connectivity index (χ1n) is 11.2. The lowest BCUT2D eigenvalue weighted by Gasteiger charge is -2.31. The topological polar surface area (TPSA) is 99.9 Å². The minimum atomic E-state index is -3.25. The molecule has 9 nitrogen and oxygen atoms in total. The van der Waals surface area contributed by atoms with Crippen LogP contribution in [-0.4, -0.2) is 71.7 Å². The van der Waals surface area contributed by atoms with Crippen LogP contribution < -0.4 is 5.32 Å². The summed E-state index contributed by atoms with van der Waals surface area (Å²) in [5.74, 6) is 0.572. The van der Waals surface area contributed by atoms with Crippen molar-refractivity contribution in [1.29, 1.82) is 0 Å². The lowest BCUT2D eigenvalue weighted by atomic mass is 10.0. The number of piperazine rings is 1. The summed E-state index contributed by atoms with van der Waals surface area (Å²) in [7, 11) is -1.41. The Hall–Kier alpha value is -3.76. The van der Waals surface area contributed by atoms with Gasteiger partial charge in [0.25, 0.3) is 0 Å². The second kappa shape index (κ2) is 9.12. The molecule has 0 unspecified atom stereocenters. The molecule has 180 valence electrons. The third kappa shape index (κ3) is 5.03. The number of amides is 1. The molecule has 10 heteroatoms. The average molecular weight is 491 g/mol. The van der Waals surface area contributed by atoms with Gasteiger partial charge in [0.1, 0.15) is 0 Å². The van der Waals surface area contributed by atoms with Gasteiger partial charge in [0.05, 0.1) is 11.4 Å². The van der Waals surface area contributed by atoms with Gasteiger partial charge >= 0.3 is 0 Å². The van der Waals surface area contributed by atoms with Crippen molar-refractivity contribution in [2.75, 3.05) is 38.3 Å². The van der Waals surface area contributed by atoms with Gasteiger partial charge in [-0.25, -0.2) is 12.9 Å². The quantitative estimate of drug-likeness (QED) is 0.444. The Kier molecular flexibility index (Phi) is 6.00. The number of carbonyl (C=O) groups excluding carboxylic acids is 1. The Balaban J connectivity index is 1.34. The molecule has 1 aliphatic rings. The van der Waals surface area contributed by atoms with E-state index >= 15 is 0 Å². The van der Waals surface area contributed by atoms with E-state index in [9.17, 15) is 13.2 Å². The molecule has 35 heavy (non-hydrogen) atoms. The van der Waals surface area contributed by atoms with Crippen molar-refractivity contribution in [1.82, 2.24) is 24.4 Å². The van der Waals surface area contributed by atoms with Gasteiger partial charge in [-0.05, 0) is 47.5 Å². The van der Waals surface area contributed by atoms with E-state index in [1.165, 1.54) is 6.26 Å². The first-order chi connectivity index (χ1) is 16.8. The van der Waals surface area contributed by atoms with Crippen molar-refractivity contribution in [2.45, 2.75) is 11.4 Å². The van der Waals surface area contributed by atoms with Crippen molar-refractivity contribution < 1.29 is 13.2 Å². The van der Waals surface area contributed by atoms with Gasteiger partial charge in [-0.2, -0.15) is 4.98 Å². The van der Waals surface area contributed by atoms with Gasteiger partial charge in [-0.15, -0.1) is 5.10 Å². The number of likely N-dealkylation sites (N-methyl/N-ethyl adjacent to an activating group) is 1. The maximum absolute atomic E-state index is 12.0. The third-order valence-electron chi connectivity index (χ3n) is 6.11. The summed E-state index contributed by atoms with van der Waals surface area (Å²) in [6.45, 7) is 2.81. The van der Waals surface area contributed by atoms with Crippen LogP contribution in [-0.2, 0) is 21.2 Å². The molecule has 5 rings (SSSR count). The van der Waals surface area contributed by atoms with Gasteiger partial charge in [-0.3, -0.25) is 9.69 Å². The zero-order chi connectivity index (χ0) is 24.6. The Morgan fingerprint density at radius 3 is 2.43 bits per heavy atom. The predicted molar refractivity (Wildman–Crippen MR) is 134 cm³/mol. The third-order valence-corrected chi connectivity index (χ3v) is 7.24. The number of hydrogen-bond acceptors (Lipinski definition) is 7. The largest absolute Gasteiger partial charge is 0.343 e. The van der Waals surface area contributed by atoms with E-state index in [1.54, 1.807) is 33.7 Å². The number of anilines is 2. The van der Waals surface area contributed by atoms with E-state index in [1.807, 2.05) is 25.4 Å². The number of carbonyl (C=O) groups is 1. The fraction of sp³-hybridized carbons (Fsp3) is 0.240. The minimum Gasteiger partial charge on any atom is -0.343 e. The number of nitrogens with zero attached hydrogens (tertiary/aromatic N) is 5. The van der Waals surface area contributed by atoms with E-state index in [-0.39, 0.29) is 10.8 Å². The first-order valence-corrected chi connectivity index (χ1v) is 13.1. The maximum atomic E-state index is 12.0. The van der Waals surface area contributed by atoms with Crippen LogP contribution in [0.2, 0.25) is 0 Å². The molecule has 1 amide bonds. The Labute approximate surface area is 203 Å². The van der Waals surface area contributed by atoms with Gasteiger partial charge in [-0.1, -0.05) is 24.3 Å². The molecule has 2 aromatic carbocycles. The number of benzene rings is 2. The molecular formula is C25H26N6O3S. The summed E-state index contributed by atoms with van der Waals surface area (Å²) >= 11 is 0. The highest BCUT2D eigenvalue weighted by molar-refractivity contribution is 7.90. The minimum absolute atomic E-state index is 0.155. The summed E-state index contributed by atoms with van der Waals surface area (Å²) in [6, 6.07) is 18.7. The van der Waals surface area contributed by atoms with Crippen LogP contribution in [0.4, 0.5) is 11.6 Å². The van der Waals surface area contributed by atoms with Gasteiger partial charge in [0, 0.05) is 50.4 Å². The van der Waals surface area contributed by atoms with Crippen molar-refractivity contribution in [3.63, 3.8) is 0 Å². The summed E-state index contributed by atoms with van der Waals surface area (Å²) in [6.07, 6.45) is 3.02. The van der Waals surface area contributed by atoms with Crippen molar-refractivity contribution >= 4 is 33.0 Å². The normalized spacial score (nSPS) is 15.0. The fourth-order valence-corrected chi connectivity index (χ4v) is 4.72. The zero-order valence-electron chi connectivity index (χ0n) is 19.5. The molecule has 0 saturated carbocycles. The highest BCUT2D eigenvalue weighted by atomic mass is 32.2. The van der Waals surface area contributed by atoms with Crippen LogP contribution in [0, 0.1) is 0 Å². The van der Waals surface area contributed by atoms with Crippen LogP contribution in [0.1, 0.15) is 5.56 Å². The van der Waals surface area contributed by atoms with E-state index in [0.29, 0.717) is 23.8 Å². The highest BCUT2D eigenvalue weighted by Crippen LogP contribution is 2.26. The van der Waals surface area contributed by atoms with Gasteiger partial charge < -0.3 is 10.2 Å².